The second kappa shape index (κ2) is 14.7. The molecule has 8 nitrogen and oxygen atoms in total. The van der Waals surface area contributed by atoms with Crippen molar-refractivity contribution in [1.82, 2.24) is 10.2 Å². The molecule has 0 radical (unpaired) electrons. The highest BCUT2D eigenvalue weighted by atomic mass is 79.9. The summed E-state index contributed by atoms with van der Waals surface area (Å²) in [5.41, 5.74) is 1.98. The number of benzene rings is 3. The van der Waals surface area contributed by atoms with Gasteiger partial charge in [-0.3, -0.25) is 13.9 Å². The molecule has 0 spiro atoms. The zero-order chi connectivity index (χ0) is 30.1. The lowest BCUT2D eigenvalue weighted by molar-refractivity contribution is -0.140. The van der Waals surface area contributed by atoms with Gasteiger partial charge in [0.1, 0.15) is 18.3 Å². The molecule has 0 heterocycles. The average molecular weight is 657 g/mol. The summed E-state index contributed by atoms with van der Waals surface area (Å²) >= 11 is 3.46. The zero-order valence-electron chi connectivity index (χ0n) is 24.0. The van der Waals surface area contributed by atoms with E-state index in [0.29, 0.717) is 5.75 Å². The fourth-order valence-corrected chi connectivity index (χ4v) is 6.43. The minimum Gasteiger partial charge on any atom is -0.495 e. The summed E-state index contributed by atoms with van der Waals surface area (Å²) in [6, 6.07) is 23.0. The van der Waals surface area contributed by atoms with Crippen LogP contribution in [0, 0.1) is 0 Å². The van der Waals surface area contributed by atoms with Crippen molar-refractivity contribution in [3.63, 3.8) is 0 Å². The van der Waals surface area contributed by atoms with Crippen molar-refractivity contribution in [2.24, 2.45) is 0 Å². The van der Waals surface area contributed by atoms with E-state index < -0.39 is 28.5 Å². The molecular weight excluding hydrogens is 618 g/mol. The van der Waals surface area contributed by atoms with E-state index in [2.05, 4.69) is 21.2 Å². The minimum absolute atomic E-state index is 0.0512. The van der Waals surface area contributed by atoms with Gasteiger partial charge in [-0.1, -0.05) is 89.8 Å². The van der Waals surface area contributed by atoms with Gasteiger partial charge in [0.2, 0.25) is 21.8 Å². The van der Waals surface area contributed by atoms with Gasteiger partial charge in [0.25, 0.3) is 0 Å². The fraction of sp³-hybridized carbons (Fsp3) is 0.375. The van der Waals surface area contributed by atoms with Gasteiger partial charge in [-0.25, -0.2) is 8.42 Å². The van der Waals surface area contributed by atoms with E-state index in [1.807, 2.05) is 54.6 Å². The van der Waals surface area contributed by atoms with Crippen molar-refractivity contribution in [2.75, 3.05) is 24.2 Å². The maximum Gasteiger partial charge on any atom is 0.244 e. The van der Waals surface area contributed by atoms with Gasteiger partial charge < -0.3 is 15.0 Å². The van der Waals surface area contributed by atoms with Crippen LogP contribution in [0.1, 0.15) is 43.2 Å². The summed E-state index contributed by atoms with van der Waals surface area (Å²) in [6.07, 6.45) is 6.41. The van der Waals surface area contributed by atoms with Gasteiger partial charge in [-0.05, 0) is 48.2 Å². The molecule has 1 N–H and O–H groups in total. The van der Waals surface area contributed by atoms with Crippen LogP contribution in [0.3, 0.4) is 0 Å². The van der Waals surface area contributed by atoms with Crippen LogP contribution in [-0.4, -0.2) is 57.1 Å². The number of carbonyl (C=O) groups is 2. The molecule has 1 aliphatic carbocycles. The molecule has 10 heteroatoms. The quantitative estimate of drug-likeness (QED) is 0.285. The van der Waals surface area contributed by atoms with Crippen molar-refractivity contribution in [1.29, 1.82) is 0 Å². The van der Waals surface area contributed by atoms with Gasteiger partial charge in [0, 0.05) is 23.5 Å². The van der Waals surface area contributed by atoms with Crippen molar-refractivity contribution in [3.05, 3.63) is 94.5 Å². The third-order valence-corrected chi connectivity index (χ3v) is 9.18. The van der Waals surface area contributed by atoms with Crippen LogP contribution in [0.4, 0.5) is 5.69 Å². The Morgan fingerprint density at radius 1 is 0.929 bits per heavy atom. The number of carbonyl (C=O) groups excluding carboxylic acids is 2. The summed E-state index contributed by atoms with van der Waals surface area (Å²) in [6.45, 7) is -0.358. The highest BCUT2D eigenvalue weighted by Gasteiger charge is 2.34. The summed E-state index contributed by atoms with van der Waals surface area (Å²) in [4.78, 5) is 29.8. The molecule has 1 atom stereocenters. The highest BCUT2D eigenvalue weighted by Crippen LogP contribution is 2.30. The number of anilines is 1. The van der Waals surface area contributed by atoms with Crippen LogP contribution < -0.4 is 14.4 Å². The van der Waals surface area contributed by atoms with Crippen molar-refractivity contribution in [3.8, 4) is 5.75 Å². The molecule has 0 aromatic heterocycles. The molecule has 0 aliphatic heterocycles. The molecule has 1 fully saturated rings. The molecule has 3 aromatic carbocycles. The Balaban J connectivity index is 1.73. The van der Waals surface area contributed by atoms with Crippen LogP contribution in [-0.2, 0) is 32.6 Å². The SMILES string of the molecule is COc1ccccc1N(CC(=O)N(Cc1ccc(Br)cc1)[C@@H](Cc1ccccc1)C(=O)NC1CCCCC1)S(C)(=O)=O. The molecule has 224 valence electrons. The Hall–Kier alpha value is -3.37. The number of sulfonamides is 1. The van der Waals surface area contributed by atoms with E-state index in [1.54, 1.807) is 24.3 Å². The van der Waals surface area contributed by atoms with E-state index in [-0.39, 0.29) is 30.6 Å². The second-order valence-electron chi connectivity index (χ2n) is 10.6. The van der Waals surface area contributed by atoms with E-state index in [9.17, 15) is 18.0 Å². The number of hydrogen-bond acceptors (Lipinski definition) is 5. The average Bonchev–Trinajstić information content (AvgIpc) is 2.99. The van der Waals surface area contributed by atoms with Crippen LogP contribution in [0.15, 0.2) is 83.3 Å². The molecule has 42 heavy (non-hydrogen) atoms. The lowest BCUT2D eigenvalue weighted by atomic mass is 9.94. The second-order valence-corrected chi connectivity index (χ2v) is 13.5. The summed E-state index contributed by atoms with van der Waals surface area (Å²) < 4.78 is 33.4. The van der Waals surface area contributed by atoms with Gasteiger partial charge in [-0.2, -0.15) is 0 Å². The maximum absolute atomic E-state index is 14.3. The molecule has 1 saturated carbocycles. The Labute approximate surface area is 257 Å². The standard InChI is InChI=1S/C32H38BrN3O5S/c1-41-30-16-10-9-15-28(30)36(42(2,39)40)23-31(37)35(22-25-17-19-26(33)20-18-25)29(21-24-11-5-3-6-12-24)32(38)34-27-13-7-4-8-14-27/h3,5-6,9-12,15-20,27,29H,4,7-8,13-14,21-23H2,1-2H3,(H,34,38)/t29-/m0/s1. The Morgan fingerprint density at radius 2 is 1.57 bits per heavy atom. The molecular formula is C32H38BrN3O5S. The topological polar surface area (TPSA) is 96.0 Å². The van der Waals surface area contributed by atoms with Crippen molar-refractivity contribution < 1.29 is 22.7 Å². The summed E-state index contributed by atoms with van der Waals surface area (Å²) in [7, 11) is -2.44. The van der Waals surface area contributed by atoms with Crippen molar-refractivity contribution in [2.45, 2.75) is 57.2 Å². The van der Waals surface area contributed by atoms with Gasteiger partial charge in [0.05, 0.1) is 19.1 Å². The first-order chi connectivity index (χ1) is 20.2. The molecule has 1 aliphatic rings. The molecule has 4 rings (SSSR count). The Morgan fingerprint density at radius 3 is 2.21 bits per heavy atom. The molecule has 3 aromatic rings. The van der Waals surface area contributed by atoms with E-state index in [4.69, 9.17) is 4.74 Å². The van der Waals surface area contributed by atoms with Crippen LogP contribution in [0.25, 0.3) is 0 Å². The van der Waals surface area contributed by atoms with Gasteiger partial charge >= 0.3 is 0 Å². The largest absolute Gasteiger partial charge is 0.495 e. The molecule has 0 saturated heterocycles. The monoisotopic (exact) mass is 655 g/mol. The Bertz CT molecular complexity index is 1440. The van der Waals surface area contributed by atoms with Crippen LogP contribution in [0.2, 0.25) is 0 Å². The van der Waals surface area contributed by atoms with Crippen LogP contribution >= 0.6 is 15.9 Å². The first-order valence-electron chi connectivity index (χ1n) is 14.1. The van der Waals surface area contributed by atoms with E-state index in [1.165, 1.54) is 12.0 Å². The Kier molecular flexibility index (Phi) is 11.0. The van der Waals surface area contributed by atoms with Crippen LogP contribution in [0.5, 0.6) is 5.75 Å². The summed E-state index contributed by atoms with van der Waals surface area (Å²) in [5.74, 6) is -0.403. The molecule has 2 amide bonds. The number of nitrogens with one attached hydrogen (secondary N) is 1. The first-order valence-corrected chi connectivity index (χ1v) is 16.8. The summed E-state index contributed by atoms with van der Waals surface area (Å²) in [5, 5.41) is 3.21. The third-order valence-electron chi connectivity index (χ3n) is 7.52. The first kappa shape index (κ1) is 31.6. The highest BCUT2D eigenvalue weighted by molar-refractivity contribution is 9.10. The number of ether oxygens (including phenoxy) is 1. The molecule has 0 unspecified atom stereocenters. The third kappa shape index (κ3) is 8.58. The number of para-hydroxylation sites is 2. The molecule has 0 bridgehead atoms. The predicted molar refractivity (Wildman–Crippen MR) is 169 cm³/mol. The van der Waals surface area contributed by atoms with Gasteiger partial charge in [-0.15, -0.1) is 0 Å². The minimum atomic E-state index is -3.89. The number of hydrogen-bond donors (Lipinski definition) is 1. The number of methoxy groups -OCH3 is 1. The van der Waals surface area contributed by atoms with E-state index in [0.717, 1.165) is 58.3 Å². The van der Waals surface area contributed by atoms with Gasteiger partial charge in [0.15, 0.2) is 0 Å². The lowest BCUT2D eigenvalue weighted by Gasteiger charge is -2.35. The fourth-order valence-electron chi connectivity index (χ4n) is 5.32. The normalized spacial score (nSPS) is 14.5. The van der Waals surface area contributed by atoms with E-state index >= 15 is 0 Å². The lowest BCUT2D eigenvalue weighted by Crippen LogP contribution is -2.55. The number of amides is 2. The van der Waals surface area contributed by atoms with Crippen molar-refractivity contribution >= 4 is 43.5 Å². The number of halogens is 1. The predicted octanol–water partition coefficient (Wildman–Crippen LogP) is 5.31. The number of rotatable bonds is 12. The zero-order valence-corrected chi connectivity index (χ0v) is 26.4. The number of nitrogens with zero attached hydrogens (tertiary/aromatic N) is 2. The smallest absolute Gasteiger partial charge is 0.244 e. The maximum atomic E-state index is 14.3.